The number of rotatable bonds is 6. The zero-order valence-electron chi connectivity index (χ0n) is 9.74. The Balaban J connectivity index is 3.09. The van der Waals surface area contributed by atoms with Gasteiger partial charge >= 0.3 is 0 Å². The lowest BCUT2D eigenvalue weighted by atomic mass is 10.3. The van der Waals surface area contributed by atoms with Crippen LogP contribution in [0.3, 0.4) is 0 Å². The number of thioether (sulfide) groups is 1. The smallest absolute Gasteiger partial charge is 0.162 e. The first-order valence-electron chi connectivity index (χ1n) is 4.77. The molecule has 0 heterocycles. The molecular weight excluding hydrogens is 224 g/mol. The van der Waals surface area contributed by atoms with Crippen LogP contribution >= 0.6 is 11.8 Å². The van der Waals surface area contributed by atoms with Crippen molar-refractivity contribution in [3.05, 3.63) is 12.1 Å². The third-order valence-electron chi connectivity index (χ3n) is 2.01. The SMILES string of the molecule is C=Nc1cc(OC)c(OC)cc1SCNC. The minimum Gasteiger partial charge on any atom is -0.493 e. The lowest BCUT2D eigenvalue weighted by Crippen LogP contribution is -2.03. The maximum atomic E-state index is 5.24. The lowest BCUT2D eigenvalue weighted by molar-refractivity contribution is 0.354. The lowest BCUT2D eigenvalue weighted by Gasteiger charge is -2.11. The normalized spacial score (nSPS) is 9.94. The van der Waals surface area contributed by atoms with Gasteiger partial charge in [-0.05, 0) is 19.8 Å². The molecule has 0 atom stereocenters. The Hall–Kier alpha value is -1.20. The van der Waals surface area contributed by atoms with Crippen molar-refractivity contribution in [1.29, 1.82) is 0 Å². The van der Waals surface area contributed by atoms with Crippen molar-refractivity contribution >= 4 is 24.2 Å². The highest BCUT2D eigenvalue weighted by Gasteiger charge is 2.10. The molecule has 0 fully saturated rings. The molecule has 0 aliphatic carbocycles. The summed E-state index contributed by atoms with van der Waals surface area (Å²) in [6, 6.07) is 3.73. The van der Waals surface area contributed by atoms with Crippen LogP contribution < -0.4 is 14.8 Å². The molecule has 1 N–H and O–H groups in total. The van der Waals surface area contributed by atoms with Gasteiger partial charge in [0.25, 0.3) is 0 Å². The van der Waals surface area contributed by atoms with Gasteiger partial charge in [0.15, 0.2) is 11.5 Å². The first kappa shape index (κ1) is 12.9. The first-order valence-corrected chi connectivity index (χ1v) is 5.75. The molecule has 0 saturated heterocycles. The highest BCUT2D eigenvalue weighted by Crippen LogP contribution is 2.39. The Morgan fingerprint density at radius 2 is 1.94 bits per heavy atom. The largest absolute Gasteiger partial charge is 0.493 e. The summed E-state index contributed by atoms with van der Waals surface area (Å²) in [6.45, 7) is 3.55. The number of benzene rings is 1. The second kappa shape index (κ2) is 6.40. The van der Waals surface area contributed by atoms with Crippen LogP contribution in [0.2, 0.25) is 0 Å². The molecule has 0 spiro atoms. The average Bonchev–Trinajstić information content (AvgIpc) is 2.35. The molecule has 0 aliphatic heterocycles. The van der Waals surface area contributed by atoms with Crippen LogP contribution in [0.5, 0.6) is 11.5 Å². The van der Waals surface area contributed by atoms with Crippen LogP contribution in [0, 0.1) is 0 Å². The highest BCUT2D eigenvalue weighted by molar-refractivity contribution is 7.99. The maximum Gasteiger partial charge on any atom is 0.162 e. The standard InChI is InChI=1S/C11H16N2O2S/c1-12-7-16-11-6-10(15-4)9(14-3)5-8(11)13-2/h5-6,12H,2,7H2,1,3-4H3. The molecule has 0 unspecified atom stereocenters. The molecule has 4 nitrogen and oxygen atoms in total. The molecule has 5 heteroatoms. The van der Waals surface area contributed by atoms with E-state index < -0.39 is 0 Å². The van der Waals surface area contributed by atoms with Crippen molar-refractivity contribution in [2.75, 3.05) is 27.1 Å². The fraction of sp³-hybridized carbons (Fsp3) is 0.364. The van der Waals surface area contributed by atoms with Crippen LogP contribution in [0.15, 0.2) is 22.0 Å². The highest BCUT2D eigenvalue weighted by atomic mass is 32.2. The van der Waals surface area contributed by atoms with Gasteiger partial charge < -0.3 is 14.8 Å². The van der Waals surface area contributed by atoms with E-state index in [4.69, 9.17) is 9.47 Å². The summed E-state index contributed by atoms with van der Waals surface area (Å²) in [7, 11) is 5.12. The Labute approximate surface area is 100 Å². The van der Waals surface area contributed by atoms with Crippen molar-refractivity contribution < 1.29 is 9.47 Å². The van der Waals surface area contributed by atoms with E-state index in [2.05, 4.69) is 17.0 Å². The van der Waals surface area contributed by atoms with E-state index in [-0.39, 0.29) is 0 Å². The fourth-order valence-corrected chi connectivity index (χ4v) is 2.00. The second-order valence-electron chi connectivity index (χ2n) is 2.98. The summed E-state index contributed by atoms with van der Waals surface area (Å²) in [4.78, 5) is 4.99. The molecule has 88 valence electrons. The van der Waals surface area contributed by atoms with E-state index in [1.165, 1.54) is 0 Å². The van der Waals surface area contributed by atoms with Crippen molar-refractivity contribution in [3.63, 3.8) is 0 Å². The Bertz CT molecular complexity index is 369. The summed E-state index contributed by atoms with van der Waals surface area (Å²) in [5.41, 5.74) is 0.804. The topological polar surface area (TPSA) is 42.9 Å². The van der Waals surface area contributed by atoms with Crippen molar-refractivity contribution in [2.45, 2.75) is 4.90 Å². The van der Waals surface area contributed by atoms with E-state index in [1.807, 2.05) is 19.2 Å². The van der Waals surface area contributed by atoms with Crippen LogP contribution in [-0.2, 0) is 0 Å². The van der Waals surface area contributed by atoms with E-state index in [0.717, 1.165) is 16.5 Å². The molecule has 1 aromatic carbocycles. The Morgan fingerprint density at radius 3 is 2.44 bits per heavy atom. The van der Waals surface area contributed by atoms with E-state index >= 15 is 0 Å². The van der Waals surface area contributed by atoms with Gasteiger partial charge in [-0.25, -0.2) is 0 Å². The molecule has 1 aromatic rings. The Morgan fingerprint density at radius 1 is 1.31 bits per heavy atom. The Kier molecular flexibility index (Phi) is 5.14. The van der Waals surface area contributed by atoms with Crippen LogP contribution in [-0.4, -0.2) is 33.9 Å². The van der Waals surface area contributed by atoms with E-state index in [1.54, 1.807) is 26.0 Å². The van der Waals surface area contributed by atoms with Gasteiger partial charge in [-0.2, -0.15) is 0 Å². The molecule has 0 radical (unpaired) electrons. The average molecular weight is 240 g/mol. The molecule has 0 aromatic heterocycles. The van der Waals surface area contributed by atoms with Gasteiger partial charge in [-0.15, -0.1) is 11.8 Å². The van der Waals surface area contributed by atoms with Gasteiger partial charge in [0, 0.05) is 16.8 Å². The van der Waals surface area contributed by atoms with Gasteiger partial charge in [0.1, 0.15) is 0 Å². The van der Waals surface area contributed by atoms with Crippen LogP contribution in [0.1, 0.15) is 0 Å². The minimum atomic E-state index is 0.665. The maximum absolute atomic E-state index is 5.24. The third kappa shape index (κ3) is 2.90. The van der Waals surface area contributed by atoms with Gasteiger partial charge in [0.2, 0.25) is 0 Å². The molecule has 1 rings (SSSR count). The molecular formula is C11H16N2O2S. The minimum absolute atomic E-state index is 0.665. The molecule has 0 aliphatic rings. The van der Waals surface area contributed by atoms with Crippen molar-refractivity contribution in [2.24, 2.45) is 4.99 Å². The quantitative estimate of drug-likeness (QED) is 0.471. The summed E-state index contributed by atoms with van der Waals surface area (Å²) >= 11 is 1.64. The third-order valence-corrected chi connectivity index (χ3v) is 3.08. The van der Waals surface area contributed by atoms with Gasteiger partial charge in [-0.3, -0.25) is 4.99 Å². The molecule has 16 heavy (non-hydrogen) atoms. The first-order chi connectivity index (χ1) is 7.76. The summed E-state index contributed by atoms with van der Waals surface area (Å²) < 4.78 is 10.4. The predicted molar refractivity (Wildman–Crippen MR) is 68.5 cm³/mol. The molecule has 0 amide bonds. The van der Waals surface area contributed by atoms with E-state index in [0.29, 0.717) is 11.5 Å². The van der Waals surface area contributed by atoms with Crippen LogP contribution in [0.25, 0.3) is 0 Å². The molecule has 0 saturated carbocycles. The van der Waals surface area contributed by atoms with E-state index in [9.17, 15) is 0 Å². The monoisotopic (exact) mass is 240 g/mol. The number of aliphatic imine (C=N–C) groups is 1. The fourth-order valence-electron chi connectivity index (χ4n) is 1.24. The number of nitrogens with one attached hydrogen (secondary N) is 1. The van der Waals surface area contributed by atoms with Crippen molar-refractivity contribution in [3.8, 4) is 11.5 Å². The number of nitrogens with zero attached hydrogens (tertiary/aromatic N) is 1. The van der Waals surface area contributed by atoms with Gasteiger partial charge in [-0.1, -0.05) is 0 Å². The molecule has 0 bridgehead atoms. The number of hydrogen-bond donors (Lipinski definition) is 1. The number of ether oxygens (including phenoxy) is 2. The van der Waals surface area contributed by atoms with Crippen LogP contribution in [0.4, 0.5) is 5.69 Å². The summed E-state index contributed by atoms with van der Waals surface area (Å²) in [6.07, 6.45) is 0. The number of hydrogen-bond acceptors (Lipinski definition) is 5. The zero-order chi connectivity index (χ0) is 12.0. The number of methoxy groups -OCH3 is 2. The van der Waals surface area contributed by atoms with Crippen molar-refractivity contribution in [1.82, 2.24) is 5.32 Å². The zero-order valence-corrected chi connectivity index (χ0v) is 10.6. The second-order valence-corrected chi connectivity index (χ2v) is 3.99. The predicted octanol–water partition coefficient (Wildman–Crippen LogP) is 2.30. The summed E-state index contributed by atoms with van der Waals surface area (Å²) in [5.74, 6) is 2.17. The summed E-state index contributed by atoms with van der Waals surface area (Å²) in [5, 5.41) is 3.06. The van der Waals surface area contributed by atoms with Gasteiger partial charge in [0.05, 0.1) is 19.9 Å².